The summed E-state index contributed by atoms with van der Waals surface area (Å²) in [6, 6.07) is 0. The minimum atomic E-state index is -0.364. The molecule has 0 heterocycles. The molecule has 0 aliphatic heterocycles. The fraction of sp³-hybridized carbons (Fsp3) is 1.00. The molecule has 1 aliphatic rings. The Bertz CT molecular complexity index is 191. The van der Waals surface area contributed by atoms with E-state index in [9.17, 15) is 5.11 Å². The van der Waals surface area contributed by atoms with Crippen molar-refractivity contribution in [3.8, 4) is 0 Å². The van der Waals surface area contributed by atoms with Crippen LogP contribution in [0, 0.1) is 5.41 Å². The first-order valence-corrected chi connectivity index (χ1v) is 7.13. The van der Waals surface area contributed by atoms with Crippen LogP contribution in [0.1, 0.15) is 52.4 Å². The SMILES string of the molecule is CCCCOCC(O)CNCC1(C)CCCC1. The molecule has 0 radical (unpaired) electrons. The van der Waals surface area contributed by atoms with E-state index < -0.39 is 0 Å². The fourth-order valence-corrected chi connectivity index (χ4v) is 2.47. The van der Waals surface area contributed by atoms with Crippen LogP contribution in [0.3, 0.4) is 0 Å². The Hall–Kier alpha value is -0.120. The van der Waals surface area contributed by atoms with E-state index in [1.165, 1.54) is 25.7 Å². The van der Waals surface area contributed by atoms with Crippen molar-refractivity contribution in [2.24, 2.45) is 5.41 Å². The maximum atomic E-state index is 9.72. The normalized spacial score (nSPS) is 20.6. The summed E-state index contributed by atoms with van der Waals surface area (Å²) in [6.45, 7) is 7.40. The highest BCUT2D eigenvalue weighted by atomic mass is 16.5. The van der Waals surface area contributed by atoms with Crippen LogP contribution in [-0.4, -0.2) is 37.5 Å². The summed E-state index contributed by atoms with van der Waals surface area (Å²) in [6.07, 6.45) is 7.23. The Morgan fingerprint density at radius 2 is 2.06 bits per heavy atom. The second kappa shape index (κ2) is 8.06. The maximum absolute atomic E-state index is 9.72. The second-order valence-corrected chi connectivity index (χ2v) is 5.73. The van der Waals surface area contributed by atoms with Crippen LogP contribution in [0.5, 0.6) is 0 Å². The minimum Gasteiger partial charge on any atom is -0.389 e. The summed E-state index contributed by atoms with van der Waals surface area (Å²) < 4.78 is 5.39. The molecule has 1 unspecified atom stereocenters. The lowest BCUT2D eigenvalue weighted by atomic mass is 9.89. The van der Waals surface area contributed by atoms with Crippen LogP contribution in [0.15, 0.2) is 0 Å². The van der Waals surface area contributed by atoms with Gasteiger partial charge in [0.15, 0.2) is 0 Å². The number of aliphatic hydroxyl groups excluding tert-OH is 1. The van der Waals surface area contributed by atoms with Gasteiger partial charge in [-0.25, -0.2) is 0 Å². The van der Waals surface area contributed by atoms with Gasteiger partial charge < -0.3 is 15.2 Å². The van der Waals surface area contributed by atoms with Crippen molar-refractivity contribution < 1.29 is 9.84 Å². The first kappa shape index (κ1) is 14.9. The van der Waals surface area contributed by atoms with Gasteiger partial charge in [0.2, 0.25) is 0 Å². The first-order valence-electron chi connectivity index (χ1n) is 7.13. The van der Waals surface area contributed by atoms with Gasteiger partial charge in [0, 0.05) is 19.7 Å². The quantitative estimate of drug-likeness (QED) is 0.611. The van der Waals surface area contributed by atoms with Gasteiger partial charge in [-0.1, -0.05) is 33.1 Å². The third kappa shape index (κ3) is 6.39. The van der Waals surface area contributed by atoms with Crippen LogP contribution in [-0.2, 0) is 4.74 Å². The van der Waals surface area contributed by atoms with Gasteiger partial charge in [-0.3, -0.25) is 0 Å². The number of hydrogen-bond acceptors (Lipinski definition) is 3. The van der Waals surface area contributed by atoms with Gasteiger partial charge in [-0.15, -0.1) is 0 Å². The van der Waals surface area contributed by atoms with Gasteiger partial charge in [0.05, 0.1) is 12.7 Å². The number of rotatable bonds is 9. The molecular weight excluding hydrogens is 214 g/mol. The molecule has 0 aromatic heterocycles. The topological polar surface area (TPSA) is 41.5 Å². The lowest BCUT2D eigenvalue weighted by molar-refractivity contribution is 0.0347. The van der Waals surface area contributed by atoms with Crippen molar-refractivity contribution >= 4 is 0 Å². The fourth-order valence-electron chi connectivity index (χ4n) is 2.47. The van der Waals surface area contributed by atoms with Crippen LogP contribution < -0.4 is 5.32 Å². The highest BCUT2D eigenvalue weighted by Gasteiger charge is 2.27. The number of aliphatic hydroxyl groups is 1. The molecule has 1 saturated carbocycles. The molecule has 17 heavy (non-hydrogen) atoms. The Kier molecular flexibility index (Phi) is 7.09. The largest absolute Gasteiger partial charge is 0.389 e. The molecule has 0 aromatic carbocycles. The van der Waals surface area contributed by atoms with E-state index in [-0.39, 0.29) is 6.10 Å². The van der Waals surface area contributed by atoms with E-state index in [4.69, 9.17) is 4.74 Å². The lowest BCUT2D eigenvalue weighted by Gasteiger charge is -2.24. The van der Waals surface area contributed by atoms with Crippen molar-refractivity contribution in [1.29, 1.82) is 0 Å². The average Bonchev–Trinajstić information content (AvgIpc) is 2.72. The molecular formula is C14H29NO2. The molecule has 3 nitrogen and oxygen atoms in total. The second-order valence-electron chi connectivity index (χ2n) is 5.73. The van der Waals surface area contributed by atoms with Gasteiger partial charge in [-0.05, 0) is 24.7 Å². The molecule has 0 spiro atoms. The van der Waals surface area contributed by atoms with Crippen molar-refractivity contribution in [2.45, 2.75) is 58.5 Å². The summed E-state index contributed by atoms with van der Waals surface area (Å²) in [5, 5.41) is 13.1. The zero-order chi connectivity index (χ0) is 12.6. The highest BCUT2D eigenvalue weighted by molar-refractivity contribution is 4.82. The third-order valence-electron chi connectivity index (χ3n) is 3.69. The number of hydrogen-bond donors (Lipinski definition) is 2. The first-order chi connectivity index (χ1) is 8.16. The van der Waals surface area contributed by atoms with Crippen LogP contribution in [0.2, 0.25) is 0 Å². The van der Waals surface area contributed by atoms with E-state index in [0.29, 0.717) is 18.6 Å². The highest BCUT2D eigenvalue weighted by Crippen LogP contribution is 2.36. The summed E-state index contributed by atoms with van der Waals surface area (Å²) >= 11 is 0. The number of ether oxygens (including phenoxy) is 1. The maximum Gasteiger partial charge on any atom is 0.0897 e. The van der Waals surface area contributed by atoms with Crippen LogP contribution >= 0.6 is 0 Å². The average molecular weight is 243 g/mol. The predicted octanol–water partition coefficient (Wildman–Crippen LogP) is 2.33. The summed E-state index contributed by atoms with van der Waals surface area (Å²) in [5.41, 5.74) is 0.461. The summed E-state index contributed by atoms with van der Waals surface area (Å²) in [7, 11) is 0. The summed E-state index contributed by atoms with van der Waals surface area (Å²) in [4.78, 5) is 0. The molecule has 2 N–H and O–H groups in total. The monoisotopic (exact) mass is 243 g/mol. The molecule has 0 saturated heterocycles. The Labute approximate surface area is 106 Å². The molecule has 0 amide bonds. The van der Waals surface area contributed by atoms with Gasteiger partial charge in [0.25, 0.3) is 0 Å². The molecule has 1 atom stereocenters. The molecule has 1 fully saturated rings. The third-order valence-corrected chi connectivity index (χ3v) is 3.69. The van der Waals surface area contributed by atoms with Crippen LogP contribution in [0.25, 0.3) is 0 Å². The van der Waals surface area contributed by atoms with Gasteiger partial charge >= 0.3 is 0 Å². The zero-order valence-electron chi connectivity index (χ0n) is 11.5. The van der Waals surface area contributed by atoms with E-state index in [1.54, 1.807) is 0 Å². The molecule has 1 aliphatic carbocycles. The zero-order valence-corrected chi connectivity index (χ0v) is 11.5. The Balaban J connectivity index is 1.97. The van der Waals surface area contributed by atoms with E-state index >= 15 is 0 Å². The Morgan fingerprint density at radius 3 is 2.71 bits per heavy atom. The molecule has 102 valence electrons. The number of unbranched alkanes of at least 4 members (excludes halogenated alkanes) is 1. The van der Waals surface area contributed by atoms with E-state index in [1.807, 2.05) is 0 Å². The van der Waals surface area contributed by atoms with Crippen molar-refractivity contribution in [3.63, 3.8) is 0 Å². The predicted molar refractivity (Wildman–Crippen MR) is 71.2 cm³/mol. The van der Waals surface area contributed by atoms with Crippen molar-refractivity contribution in [2.75, 3.05) is 26.3 Å². The van der Waals surface area contributed by atoms with Crippen molar-refractivity contribution in [3.05, 3.63) is 0 Å². The minimum absolute atomic E-state index is 0.364. The van der Waals surface area contributed by atoms with E-state index in [2.05, 4.69) is 19.2 Å². The lowest BCUT2D eigenvalue weighted by Crippen LogP contribution is -2.36. The van der Waals surface area contributed by atoms with Gasteiger partial charge in [0.1, 0.15) is 0 Å². The smallest absolute Gasteiger partial charge is 0.0897 e. The van der Waals surface area contributed by atoms with Crippen molar-refractivity contribution in [1.82, 2.24) is 5.32 Å². The van der Waals surface area contributed by atoms with Crippen LogP contribution in [0.4, 0.5) is 0 Å². The molecule has 1 rings (SSSR count). The molecule has 3 heteroatoms. The molecule has 0 aromatic rings. The summed E-state index contributed by atoms with van der Waals surface area (Å²) in [5.74, 6) is 0. The molecule has 0 bridgehead atoms. The number of nitrogens with one attached hydrogen (secondary N) is 1. The standard InChI is InChI=1S/C14H29NO2/c1-3-4-9-17-11-13(16)10-15-12-14(2)7-5-6-8-14/h13,15-16H,3-12H2,1-2H3. The Morgan fingerprint density at radius 1 is 1.35 bits per heavy atom. The van der Waals surface area contributed by atoms with E-state index in [0.717, 1.165) is 26.0 Å². The van der Waals surface area contributed by atoms with Gasteiger partial charge in [-0.2, -0.15) is 0 Å².